The van der Waals surface area contributed by atoms with Crippen LogP contribution >= 0.6 is 0 Å². The molecular weight excluding hydrogens is 304 g/mol. The van der Waals surface area contributed by atoms with Crippen LogP contribution in [0.25, 0.3) is 16.5 Å². The summed E-state index contributed by atoms with van der Waals surface area (Å²) in [4.78, 5) is 15.1. The number of benzene rings is 1. The van der Waals surface area contributed by atoms with Crippen LogP contribution in [0.1, 0.15) is 5.56 Å². The maximum atomic E-state index is 5.92. The highest BCUT2D eigenvalue weighted by Gasteiger charge is 2.09. The number of anilines is 1. The third-order valence-corrected chi connectivity index (χ3v) is 4.06. The molecule has 24 heavy (non-hydrogen) atoms. The zero-order chi connectivity index (χ0) is 16.8. The molecule has 4 N–H and O–H groups in total. The Labute approximate surface area is 141 Å². The van der Waals surface area contributed by atoms with Crippen molar-refractivity contribution in [2.75, 3.05) is 45.1 Å². The minimum Gasteiger partial charge on any atom is -0.404 e. The Morgan fingerprint density at radius 3 is 2.92 bits per heavy atom. The van der Waals surface area contributed by atoms with Gasteiger partial charge in [-0.2, -0.15) is 0 Å². The molecule has 2 heterocycles. The first kappa shape index (κ1) is 16.4. The van der Waals surface area contributed by atoms with E-state index in [0.717, 1.165) is 61.4 Å². The SMILES string of the molecule is NC=C(C=NCCN1CCOCC1)c1ccc2ncnc(N)c2c1. The number of aliphatic imine (C=N–C) groups is 1. The van der Waals surface area contributed by atoms with Crippen molar-refractivity contribution in [2.24, 2.45) is 10.7 Å². The molecule has 0 atom stereocenters. The van der Waals surface area contributed by atoms with Gasteiger partial charge in [-0.25, -0.2) is 9.97 Å². The van der Waals surface area contributed by atoms with Crippen LogP contribution < -0.4 is 11.5 Å². The maximum Gasteiger partial charge on any atom is 0.134 e. The van der Waals surface area contributed by atoms with Crippen molar-refractivity contribution in [1.82, 2.24) is 14.9 Å². The molecule has 1 saturated heterocycles. The van der Waals surface area contributed by atoms with E-state index >= 15 is 0 Å². The molecule has 1 fully saturated rings. The molecule has 1 aliphatic heterocycles. The van der Waals surface area contributed by atoms with Gasteiger partial charge >= 0.3 is 0 Å². The van der Waals surface area contributed by atoms with E-state index in [4.69, 9.17) is 16.2 Å². The lowest BCUT2D eigenvalue weighted by atomic mass is 10.1. The smallest absolute Gasteiger partial charge is 0.134 e. The van der Waals surface area contributed by atoms with Gasteiger partial charge in [0.2, 0.25) is 0 Å². The third-order valence-electron chi connectivity index (χ3n) is 4.06. The number of hydrogen-bond donors (Lipinski definition) is 2. The molecular formula is C17H22N6O. The van der Waals surface area contributed by atoms with Gasteiger partial charge in [0.15, 0.2) is 0 Å². The second kappa shape index (κ2) is 7.85. The molecule has 1 aromatic carbocycles. The summed E-state index contributed by atoms with van der Waals surface area (Å²) < 4.78 is 5.34. The van der Waals surface area contributed by atoms with Gasteiger partial charge in [-0.15, -0.1) is 0 Å². The molecule has 0 unspecified atom stereocenters. The summed E-state index contributed by atoms with van der Waals surface area (Å²) in [6.07, 6.45) is 4.82. The Morgan fingerprint density at radius 1 is 1.29 bits per heavy atom. The Hall–Kier alpha value is -2.51. The number of nitrogens with two attached hydrogens (primary N) is 2. The molecule has 7 nitrogen and oxygen atoms in total. The monoisotopic (exact) mass is 326 g/mol. The average molecular weight is 326 g/mol. The van der Waals surface area contributed by atoms with E-state index in [0.29, 0.717) is 5.82 Å². The van der Waals surface area contributed by atoms with Crippen molar-refractivity contribution in [3.05, 3.63) is 36.3 Å². The van der Waals surface area contributed by atoms with Gasteiger partial charge in [0.1, 0.15) is 12.1 Å². The zero-order valence-electron chi connectivity index (χ0n) is 13.6. The predicted octanol–water partition coefficient (Wildman–Crippen LogP) is 0.915. The van der Waals surface area contributed by atoms with E-state index in [-0.39, 0.29) is 0 Å². The van der Waals surface area contributed by atoms with Gasteiger partial charge in [-0.05, 0) is 17.7 Å². The van der Waals surface area contributed by atoms with Crippen LogP contribution in [0.4, 0.5) is 5.82 Å². The Balaban J connectivity index is 1.67. The van der Waals surface area contributed by atoms with Crippen molar-refractivity contribution in [3.63, 3.8) is 0 Å². The molecule has 0 aliphatic carbocycles. The van der Waals surface area contributed by atoms with Crippen LogP contribution in [-0.2, 0) is 4.74 Å². The normalized spacial score (nSPS) is 16.9. The van der Waals surface area contributed by atoms with Crippen LogP contribution in [0.2, 0.25) is 0 Å². The molecule has 2 aromatic rings. The van der Waals surface area contributed by atoms with Crippen molar-refractivity contribution < 1.29 is 4.74 Å². The van der Waals surface area contributed by atoms with E-state index in [1.165, 1.54) is 6.33 Å². The van der Waals surface area contributed by atoms with E-state index in [1.807, 2.05) is 24.4 Å². The molecule has 1 aliphatic rings. The highest BCUT2D eigenvalue weighted by Crippen LogP contribution is 2.21. The first-order chi connectivity index (χ1) is 11.8. The van der Waals surface area contributed by atoms with Crippen LogP contribution in [0.15, 0.2) is 35.7 Å². The second-order valence-electron chi connectivity index (χ2n) is 5.60. The molecule has 1 aromatic heterocycles. The first-order valence-corrected chi connectivity index (χ1v) is 8.00. The third kappa shape index (κ3) is 3.87. The van der Waals surface area contributed by atoms with Gasteiger partial charge < -0.3 is 16.2 Å². The Bertz CT molecular complexity index is 752. The Kier molecular flexibility index (Phi) is 5.35. The fourth-order valence-electron chi connectivity index (χ4n) is 2.66. The quantitative estimate of drug-likeness (QED) is 0.792. The van der Waals surface area contributed by atoms with Crippen molar-refractivity contribution in [1.29, 1.82) is 0 Å². The molecule has 0 bridgehead atoms. The number of allylic oxidation sites excluding steroid dienone is 1. The van der Waals surface area contributed by atoms with Gasteiger partial charge in [-0.3, -0.25) is 9.89 Å². The van der Waals surface area contributed by atoms with E-state index in [1.54, 1.807) is 6.20 Å². The summed E-state index contributed by atoms with van der Waals surface area (Å²) in [6.45, 7) is 5.21. The minimum absolute atomic E-state index is 0.461. The van der Waals surface area contributed by atoms with Gasteiger partial charge in [0, 0.05) is 43.0 Å². The first-order valence-electron chi connectivity index (χ1n) is 8.00. The largest absolute Gasteiger partial charge is 0.404 e. The molecule has 7 heteroatoms. The summed E-state index contributed by atoms with van der Waals surface area (Å²) >= 11 is 0. The number of nitrogens with zero attached hydrogens (tertiary/aromatic N) is 4. The standard InChI is InChI=1S/C17H22N6O/c18-10-14(11-20-3-4-23-5-7-24-8-6-23)13-1-2-16-15(9-13)17(19)22-12-21-16/h1-2,9-12H,3-8,18H2,(H2,19,21,22). The fourth-order valence-corrected chi connectivity index (χ4v) is 2.66. The summed E-state index contributed by atoms with van der Waals surface area (Å²) in [5.74, 6) is 0.461. The minimum atomic E-state index is 0.461. The summed E-state index contributed by atoms with van der Waals surface area (Å²) in [5.41, 5.74) is 14.3. The number of hydrogen-bond acceptors (Lipinski definition) is 7. The van der Waals surface area contributed by atoms with E-state index < -0.39 is 0 Å². The van der Waals surface area contributed by atoms with Crippen molar-refractivity contribution in [3.8, 4) is 0 Å². The topological polar surface area (TPSA) is 103 Å². The van der Waals surface area contributed by atoms with Gasteiger partial charge in [-0.1, -0.05) is 6.07 Å². The summed E-state index contributed by atoms with van der Waals surface area (Å²) in [6, 6.07) is 5.81. The summed E-state index contributed by atoms with van der Waals surface area (Å²) in [5, 5.41) is 0.816. The number of morpholine rings is 1. The number of fused-ring (bicyclic) bond motifs is 1. The van der Waals surface area contributed by atoms with E-state index in [2.05, 4.69) is 19.9 Å². The summed E-state index contributed by atoms with van der Waals surface area (Å²) in [7, 11) is 0. The maximum absolute atomic E-state index is 5.92. The van der Waals surface area contributed by atoms with Crippen LogP contribution in [-0.4, -0.2) is 60.5 Å². The lowest BCUT2D eigenvalue weighted by Gasteiger charge is -2.25. The lowest BCUT2D eigenvalue weighted by molar-refractivity contribution is 0.0395. The molecule has 0 spiro atoms. The van der Waals surface area contributed by atoms with Gasteiger partial charge in [0.25, 0.3) is 0 Å². The number of rotatable bonds is 5. The zero-order valence-corrected chi connectivity index (χ0v) is 13.6. The highest BCUT2D eigenvalue weighted by molar-refractivity contribution is 6.10. The van der Waals surface area contributed by atoms with Crippen molar-refractivity contribution in [2.45, 2.75) is 0 Å². The van der Waals surface area contributed by atoms with Crippen LogP contribution in [0.3, 0.4) is 0 Å². The van der Waals surface area contributed by atoms with Gasteiger partial charge in [0.05, 0.1) is 25.3 Å². The van der Waals surface area contributed by atoms with E-state index in [9.17, 15) is 0 Å². The highest BCUT2D eigenvalue weighted by atomic mass is 16.5. The molecule has 0 saturated carbocycles. The molecule has 0 radical (unpaired) electrons. The molecule has 0 amide bonds. The number of ether oxygens (including phenoxy) is 1. The van der Waals surface area contributed by atoms with Crippen LogP contribution in [0.5, 0.6) is 0 Å². The Morgan fingerprint density at radius 2 is 2.12 bits per heavy atom. The number of nitrogen functional groups attached to an aromatic ring is 1. The van der Waals surface area contributed by atoms with Crippen molar-refractivity contribution >= 4 is 28.5 Å². The second-order valence-corrected chi connectivity index (χ2v) is 5.60. The fraction of sp³-hybridized carbons (Fsp3) is 0.353. The average Bonchev–Trinajstić information content (AvgIpc) is 2.63. The molecule has 126 valence electrons. The van der Waals surface area contributed by atoms with Crippen LogP contribution in [0, 0.1) is 0 Å². The molecule has 3 rings (SSSR count). The lowest BCUT2D eigenvalue weighted by Crippen LogP contribution is -2.37. The number of aromatic nitrogens is 2. The predicted molar refractivity (Wildman–Crippen MR) is 96.7 cm³/mol.